The normalized spacial score (nSPS) is 15.9. The van der Waals surface area contributed by atoms with E-state index in [1.165, 1.54) is 0 Å². The predicted octanol–water partition coefficient (Wildman–Crippen LogP) is 2.42. The van der Waals surface area contributed by atoms with Gasteiger partial charge in [-0.25, -0.2) is 0 Å². The Balaban J connectivity index is 1.55. The number of carbonyl (C=O) groups excluding carboxylic acids is 3. The molecule has 2 N–H and O–H groups in total. The molecule has 3 amide bonds. The van der Waals surface area contributed by atoms with Crippen molar-refractivity contribution in [3.05, 3.63) is 53.6 Å². The fourth-order valence-electron chi connectivity index (χ4n) is 3.35. The highest BCUT2D eigenvalue weighted by Gasteiger charge is 2.34. The Bertz CT molecular complexity index is 924. The third-order valence-corrected chi connectivity index (χ3v) is 4.92. The van der Waals surface area contributed by atoms with Crippen LogP contribution in [-0.2, 0) is 14.4 Å². The van der Waals surface area contributed by atoms with Crippen molar-refractivity contribution in [3.63, 3.8) is 0 Å². The molecule has 7 heteroatoms. The maximum atomic E-state index is 12.2. The summed E-state index contributed by atoms with van der Waals surface area (Å²) in [4.78, 5) is 37.7. The van der Waals surface area contributed by atoms with Crippen LogP contribution in [-0.4, -0.2) is 37.9 Å². The van der Waals surface area contributed by atoms with Crippen LogP contribution in [0.1, 0.15) is 17.5 Å². The zero-order chi connectivity index (χ0) is 21.0. The van der Waals surface area contributed by atoms with Gasteiger partial charge in [0.05, 0.1) is 5.92 Å². The molecule has 152 valence electrons. The largest absolute Gasteiger partial charge is 0.484 e. The van der Waals surface area contributed by atoms with Gasteiger partial charge in [-0.15, -0.1) is 0 Å². The number of hydrogen-bond acceptors (Lipinski definition) is 4. The summed E-state index contributed by atoms with van der Waals surface area (Å²) in [5.74, 6) is -0.267. The quantitative estimate of drug-likeness (QED) is 0.786. The second-order valence-electron chi connectivity index (χ2n) is 7.17. The highest BCUT2D eigenvalue weighted by Crippen LogP contribution is 2.27. The Morgan fingerprint density at radius 2 is 1.86 bits per heavy atom. The number of hydrogen-bond donors (Lipinski definition) is 2. The van der Waals surface area contributed by atoms with Gasteiger partial charge in [0.1, 0.15) is 5.75 Å². The van der Waals surface area contributed by atoms with Crippen LogP contribution in [0.3, 0.4) is 0 Å². The van der Waals surface area contributed by atoms with Crippen LogP contribution in [0.15, 0.2) is 42.5 Å². The Kier molecular flexibility index (Phi) is 6.16. The molecule has 0 bridgehead atoms. The van der Waals surface area contributed by atoms with Crippen LogP contribution in [0, 0.1) is 19.8 Å². The first-order valence-corrected chi connectivity index (χ1v) is 9.49. The van der Waals surface area contributed by atoms with Crippen LogP contribution in [0.2, 0.25) is 0 Å². The third kappa shape index (κ3) is 4.93. The second-order valence-corrected chi connectivity index (χ2v) is 7.17. The maximum Gasteiger partial charge on any atom is 0.262 e. The number of anilines is 2. The molecular weight excluding hydrogens is 370 g/mol. The number of nitrogens with zero attached hydrogens (tertiary/aromatic N) is 1. The van der Waals surface area contributed by atoms with Gasteiger partial charge in [-0.3, -0.25) is 14.4 Å². The summed E-state index contributed by atoms with van der Waals surface area (Å²) in [6.07, 6.45) is 0.205. The van der Waals surface area contributed by atoms with Crippen LogP contribution in [0.4, 0.5) is 11.4 Å². The standard InChI is InChI=1S/C22H25N3O4/c1-14-4-9-19(15(2)10-14)24-20(26)13-29-18-7-5-17(6-8-18)25-12-16(11-21(25)27)22(28)23-3/h4-10,16H,11-13H2,1-3H3,(H,23,28)(H,24,26)/t16-/m0/s1. The van der Waals surface area contributed by atoms with Gasteiger partial charge in [-0.1, -0.05) is 17.7 Å². The summed E-state index contributed by atoms with van der Waals surface area (Å²) in [5, 5.41) is 5.42. The molecule has 0 aliphatic carbocycles. The van der Waals surface area contributed by atoms with Gasteiger partial charge < -0.3 is 20.3 Å². The van der Waals surface area contributed by atoms with Gasteiger partial charge in [0.25, 0.3) is 5.91 Å². The van der Waals surface area contributed by atoms with E-state index in [1.807, 2.05) is 32.0 Å². The van der Waals surface area contributed by atoms with Crippen molar-refractivity contribution < 1.29 is 19.1 Å². The van der Waals surface area contributed by atoms with E-state index in [1.54, 1.807) is 36.2 Å². The van der Waals surface area contributed by atoms with Gasteiger partial charge in [-0.05, 0) is 49.7 Å². The van der Waals surface area contributed by atoms with E-state index in [0.29, 0.717) is 18.0 Å². The summed E-state index contributed by atoms with van der Waals surface area (Å²) >= 11 is 0. The first kappa shape index (κ1) is 20.4. The number of ether oxygens (including phenoxy) is 1. The molecule has 7 nitrogen and oxygen atoms in total. The monoisotopic (exact) mass is 395 g/mol. The highest BCUT2D eigenvalue weighted by molar-refractivity contribution is 6.00. The summed E-state index contributed by atoms with van der Waals surface area (Å²) in [7, 11) is 1.57. The number of aryl methyl sites for hydroxylation is 2. The number of benzene rings is 2. The summed E-state index contributed by atoms with van der Waals surface area (Å²) in [6, 6.07) is 12.7. The van der Waals surface area contributed by atoms with Crippen molar-refractivity contribution >= 4 is 29.1 Å². The van der Waals surface area contributed by atoms with Gasteiger partial charge in [0.2, 0.25) is 11.8 Å². The van der Waals surface area contributed by atoms with Gasteiger partial charge in [-0.2, -0.15) is 0 Å². The molecule has 0 saturated carbocycles. The van der Waals surface area contributed by atoms with Crippen molar-refractivity contribution in [1.82, 2.24) is 5.32 Å². The van der Waals surface area contributed by atoms with Crippen LogP contribution >= 0.6 is 0 Å². The molecule has 29 heavy (non-hydrogen) atoms. The molecular formula is C22H25N3O4. The lowest BCUT2D eigenvalue weighted by Gasteiger charge is -2.17. The maximum absolute atomic E-state index is 12.2. The van der Waals surface area contributed by atoms with E-state index >= 15 is 0 Å². The molecule has 2 aromatic rings. The SMILES string of the molecule is CNC(=O)[C@H]1CC(=O)N(c2ccc(OCC(=O)Nc3ccc(C)cc3C)cc2)C1. The van der Waals surface area contributed by atoms with Crippen molar-refractivity contribution in [3.8, 4) is 5.75 Å². The lowest BCUT2D eigenvalue weighted by atomic mass is 10.1. The lowest BCUT2D eigenvalue weighted by molar-refractivity contribution is -0.125. The summed E-state index contributed by atoms with van der Waals surface area (Å²) < 4.78 is 5.55. The molecule has 0 spiro atoms. The predicted molar refractivity (Wildman–Crippen MR) is 111 cm³/mol. The smallest absolute Gasteiger partial charge is 0.262 e. The van der Waals surface area contributed by atoms with E-state index in [-0.39, 0.29) is 36.7 Å². The number of nitrogens with one attached hydrogen (secondary N) is 2. The van der Waals surface area contributed by atoms with Gasteiger partial charge in [0.15, 0.2) is 6.61 Å². The van der Waals surface area contributed by atoms with E-state index in [0.717, 1.165) is 16.8 Å². The topological polar surface area (TPSA) is 87.7 Å². The molecule has 1 fully saturated rings. The third-order valence-electron chi connectivity index (χ3n) is 4.92. The Labute approximate surface area is 170 Å². The van der Waals surface area contributed by atoms with E-state index in [2.05, 4.69) is 10.6 Å². The molecule has 0 unspecified atom stereocenters. The molecule has 1 aliphatic heterocycles. The van der Waals surface area contributed by atoms with E-state index in [9.17, 15) is 14.4 Å². The van der Waals surface area contributed by atoms with Gasteiger partial charge in [0, 0.05) is 31.4 Å². The molecule has 0 radical (unpaired) electrons. The van der Waals surface area contributed by atoms with E-state index in [4.69, 9.17) is 4.74 Å². The minimum atomic E-state index is -0.336. The molecule has 1 saturated heterocycles. The van der Waals surface area contributed by atoms with Crippen LogP contribution < -0.4 is 20.3 Å². The molecule has 3 rings (SSSR count). The number of rotatable bonds is 6. The molecule has 1 heterocycles. The lowest BCUT2D eigenvalue weighted by Crippen LogP contribution is -2.30. The molecule has 1 aliphatic rings. The molecule has 1 atom stereocenters. The molecule has 2 aromatic carbocycles. The van der Waals surface area contributed by atoms with Crippen molar-refractivity contribution in [2.75, 3.05) is 30.4 Å². The average Bonchev–Trinajstić information content (AvgIpc) is 3.10. The van der Waals surface area contributed by atoms with Crippen molar-refractivity contribution in [1.29, 1.82) is 0 Å². The fourth-order valence-corrected chi connectivity index (χ4v) is 3.35. The second kappa shape index (κ2) is 8.77. The van der Waals surface area contributed by atoms with Gasteiger partial charge >= 0.3 is 0 Å². The fraction of sp³-hybridized carbons (Fsp3) is 0.318. The molecule has 0 aromatic heterocycles. The van der Waals surface area contributed by atoms with Crippen LogP contribution in [0.5, 0.6) is 5.75 Å². The summed E-state index contributed by atoms with van der Waals surface area (Å²) in [5.41, 5.74) is 3.59. The number of carbonyl (C=O) groups is 3. The zero-order valence-corrected chi connectivity index (χ0v) is 16.8. The first-order valence-electron chi connectivity index (χ1n) is 9.49. The minimum absolute atomic E-state index is 0.0832. The minimum Gasteiger partial charge on any atom is -0.484 e. The zero-order valence-electron chi connectivity index (χ0n) is 16.8. The van der Waals surface area contributed by atoms with Crippen LogP contribution in [0.25, 0.3) is 0 Å². The van der Waals surface area contributed by atoms with Crippen molar-refractivity contribution in [2.24, 2.45) is 5.92 Å². The first-order chi connectivity index (χ1) is 13.9. The van der Waals surface area contributed by atoms with E-state index < -0.39 is 0 Å². The Hall–Kier alpha value is -3.35. The Morgan fingerprint density at radius 1 is 1.14 bits per heavy atom. The highest BCUT2D eigenvalue weighted by atomic mass is 16.5. The average molecular weight is 395 g/mol. The Morgan fingerprint density at radius 3 is 2.52 bits per heavy atom. The number of amides is 3. The summed E-state index contributed by atoms with van der Waals surface area (Å²) in [6.45, 7) is 4.18. The van der Waals surface area contributed by atoms with Crippen molar-refractivity contribution in [2.45, 2.75) is 20.3 Å².